The number of aryl methyl sites for hydroxylation is 2. The highest BCUT2D eigenvalue weighted by molar-refractivity contribution is 5.92. The Hall–Kier alpha value is -2.49. The lowest BCUT2D eigenvalue weighted by molar-refractivity contribution is -0.118. The van der Waals surface area contributed by atoms with E-state index in [0.29, 0.717) is 18.3 Å². The predicted molar refractivity (Wildman–Crippen MR) is 96.8 cm³/mol. The van der Waals surface area contributed by atoms with Crippen LogP contribution in [0.4, 0.5) is 5.69 Å². The Morgan fingerprint density at radius 3 is 2.42 bits per heavy atom. The normalized spacial score (nSPS) is 10.5. The smallest absolute Gasteiger partial charge is 0.262 e. The van der Waals surface area contributed by atoms with E-state index in [1.54, 1.807) is 6.07 Å². The summed E-state index contributed by atoms with van der Waals surface area (Å²) in [6.45, 7) is 8.79. The molecule has 2 aromatic rings. The molecule has 0 saturated heterocycles. The molecule has 128 valence electrons. The van der Waals surface area contributed by atoms with Crippen molar-refractivity contribution in [2.24, 2.45) is 5.92 Å². The Labute approximate surface area is 143 Å². The van der Waals surface area contributed by atoms with Crippen LogP contribution in [-0.2, 0) is 4.79 Å². The maximum absolute atomic E-state index is 12.1. The summed E-state index contributed by atoms with van der Waals surface area (Å²) in [6.07, 6.45) is 0. The van der Waals surface area contributed by atoms with Crippen LogP contribution in [0.25, 0.3) is 0 Å². The Bertz CT molecular complexity index is 695. The van der Waals surface area contributed by atoms with Crippen LogP contribution in [0.5, 0.6) is 11.5 Å². The summed E-state index contributed by atoms with van der Waals surface area (Å²) in [5.74, 6) is 1.64. The fourth-order valence-electron chi connectivity index (χ4n) is 2.21. The molecule has 0 aliphatic rings. The average molecular weight is 327 g/mol. The maximum Gasteiger partial charge on any atom is 0.262 e. The van der Waals surface area contributed by atoms with Gasteiger partial charge in [0.05, 0.1) is 6.61 Å². The third-order valence-electron chi connectivity index (χ3n) is 3.41. The molecule has 4 heteroatoms. The second-order valence-corrected chi connectivity index (χ2v) is 6.33. The van der Waals surface area contributed by atoms with Gasteiger partial charge in [0.15, 0.2) is 6.61 Å². The van der Waals surface area contributed by atoms with E-state index in [2.05, 4.69) is 19.2 Å². The third kappa shape index (κ3) is 5.61. The number of nitrogens with one attached hydrogen (secondary N) is 1. The first-order chi connectivity index (χ1) is 11.4. The largest absolute Gasteiger partial charge is 0.493 e. The molecule has 0 spiro atoms. The lowest BCUT2D eigenvalue weighted by Gasteiger charge is -2.12. The summed E-state index contributed by atoms with van der Waals surface area (Å²) < 4.78 is 11.2. The van der Waals surface area contributed by atoms with E-state index in [4.69, 9.17) is 9.47 Å². The number of anilines is 1. The SMILES string of the molecule is Cc1ccc(NC(=O)COc2cccc(OCC(C)C)c2)c(C)c1. The van der Waals surface area contributed by atoms with Crippen molar-refractivity contribution in [2.75, 3.05) is 18.5 Å². The highest BCUT2D eigenvalue weighted by Gasteiger charge is 2.07. The second-order valence-electron chi connectivity index (χ2n) is 6.33. The number of amides is 1. The van der Waals surface area contributed by atoms with E-state index in [0.717, 1.165) is 17.0 Å². The molecule has 0 saturated carbocycles. The molecule has 0 aliphatic carbocycles. The molecule has 0 aliphatic heterocycles. The van der Waals surface area contributed by atoms with E-state index >= 15 is 0 Å². The van der Waals surface area contributed by atoms with Crippen LogP contribution in [-0.4, -0.2) is 19.1 Å². The summed E-state index contributed by atoms with van der Waals surface area (Å²) >= 11 is 0. The second kappa shape index (κ2) is 8.39. The van der Waals surface area contributed by atoms with Crippen molar-refractivity contribution < 1.29 is 14.3 Å². The molecule has 2 aromatic carbocycles. The number of hydrogen-bond acceptors (Lipinski definition) is 3. The van der Waals surface area contributed by atoms with Gasteiger partial charge in [-0.1, -0.05) is 37.6 Å². The van der Waals surface area contributed by atoms with Crippen molar-refractivity contribution in [3.8, 4) is 11.5 Å². The first-order valence-electron chi connectivity index (χ1n) is 8.17. The minimum Gasteiger partial charge on any atom is -0.493 e. The zero-order chi connectivity index (χ0) is 17.5. The van der Waals surface area contributed by atoms with Crippen LogP contribution in [0, 0.1) is 19.8 Å². The van der Waals surface area contributed by atoms with Crippen molar-refractivity contribution in [2.45, 2.75) is 27.7 Å². The van der Waals surface area contributed by atoms with E-state index < -0.39 is 0 Å². The molecule has 0 fully saturated rings. The first kappa shape index (κ1) is 17.9. The zero-order valence-corrected chi connectivity index (χ0v) is 14.8. The lowest BCUT2D eigenvalue weighted by Crippen LogP contribution is -2.20. The van der Waals surface area contributed by atoms with Crippen molar-refractivity contribution >= 4 is 11.6 Å². The van der Waals surface area contributed by atoms with Crippen LogP contribution in [0.15, 0.2) is 42.5 Å². The average Bonchev–Trinajstić information content (AvgIpc) is 2.54. The molecular formula is C20H25NO3. The van der Waals surface area contributed by atoms with Gasteiger partial charge in [-0.25, -0.2) is 0 Å². The van der Waals surface area contributed by atoms with Gasteiger partial charge in [-0.05, 0) is 43.5 Å². The standard InChI is InChI=1S/C20H25NO3/c1-14(2)12-23-17-6-5-7-18(11-17)24-13-20(22)21-19-9-8-15(3)10-16(19)4/h5-11,14H,12-13H2,1-4H3,(H,21,22). The lowest BCUT2D eigenvalue weighted by atomic mass is 10.1. The minimum atomic E-state index is -0.185. The number of benzene rings is 2. The fourth-order valence-corrected chi connectivity index (χ4v) is 2.21. The summed E-state index contributed by atoms with van der Waals surface area (Å²) in [4.78, 5) is 12.1. The molecule has 24 heavy (non-hydrogen) atoms. The van der Waals surface area contributed by atoms with Gasteiger partial charge in [-0.2, -0.15) is 0 Å². The van der Waals surface area contributed by atoms with Gasteiger partial charge in [-0.3, -0.25) is 4.79 Å². The van der Waals surface area contributed by atoms with Crippen LogP contribution < -0.4 is 14.8 Å². The van der Waals surface area contributed by atoms with Crippen molar-refractivity contribution in [3.05, 3.63) is 53.6 Å². The number of carbonyl (C=O) groups is 1. The molecule has 0 bridgehead atoms. The summed E-state index contributed by atoms with van der Waals surface area (Å²) in [6, 6.07) is 13.3. The summed E-state index contributed by atoms with van der Waals surface area (Å²) in [7, 11) is 0. The topological polar surface area (TPSA) is 47.6 Å². The van der Waals surface area contributed by atoms with Gasteiger partial charge in [-0.15, -0.1) is 0 Å². The van der Waals surface area contributed by atoms with Gasteiger partial charge in [0.2, 0.25) is 0 Å². The molecule has 0 aromatic heterocycles. The Morgan fingerprint density at radius 2 is 1.75 bits per heavy atom. The monoisotopic (exact) mass is 327 g/mol. The molecule has 0 atom stereocenters. The van der Waals surface area contributed by atoms with E-state index in [1.807, 2.05) is 50.2 Å². The van der Waals surface area contributed by atoms with E-state index in [9.17, 15) is 4.79 Å². The van der Waals surface area contributed by atoms with Crippen LogP contribution >= 0.6 is 0 Å². The van der Waals surface area contributed by atoms with Gasteiger partial charge >= 0.3 is 0 Å². The van der Waals surface area contributed by atoms with Crippen molar-refractivity contribution in [1.82, 2.24) is 0 Å². The Morgan fingerprint density at radius 1 is 1.04 bits per heavy atom. The number of carbonyl (C=O) groups excluding carboxylic acids is 1. The van der Waals surface area contributed by atoms with Gasteiger partial charge in [0.25, 0.3) is 5.91 Å². The summed E-state index contributed by atoms with van der Waals surface area (Å²) in [5, 5.41) is 2.87. The van der Waals surface area contributed by atoms with Gasteiger partial charge in [0.1, 0.15) is 11.5 Å². The molecular weight excluding hydrogens is 302 g/mol. The maximum atomic E-state index is 12.1. The number of ether oxygens (including phenoxy) is 2. The van der Waals surface area contributed by atoms with E-state index in [-0.39, 0.29) is 12.5 Å². The van der Waals surface area contributed by atoms with Crippen LogP contribution in [0.1, 0.15) is 25.0 Å². The highest BCUT2D eigenvalue weighted by atomic mass is 16.5. The Kier molecular flexibility index (Phi) is 6.24. The molecule has 0 unspecified atom stereocenters. The fraction of sp³-hybridized carbons (Fsp3) is 0.350. The van der Waals surface area contributed by atoms with Crippen molar-refractivity contribution in [1.29, 1.82) is 0 Å². The molecule has 2 rings (SSSR count). The minimum absolute atomic E-state index is 0.0407. The van der Waals surface area contributed by atoms with Gasteiger partial charge in [0, 0.05) is 11.8 Å². The zero-order valence-electron chi connectivity index (χ0n) is 14.8. The molecule has 1 amide bonds. The molecule has 0 heterocycles. The number of hydrogen-bond donors (Lipinski definition) is 1. The summed E-state index contributed by atoms with van der Waals surface area (Å²) in [5.41, 5.74) is 3.01. The molecule has 0 radical (unpaired) electrons. The molecule has 1 N–H and O–H groups in total. The van der Waals surface area contributed by atoms with Crippen molar-refractivity contribution in [3.63, 3.8) is 0 Å². The first-order valence-corrected chi connectivity index (χ1v) is 8.17. The Balaban J connectivity index is 1.88. The van der Waals surface area contributed by atoms with E-state index in [1.165, 1.54) is 5.56 Å². The third-order valence-corrected chi connectivity index (χ3v) is 3.41. The quantitative estimate of drug-likeness (QED) is 0.822. The molecule has 4 nitrogen and oxygen atoms in total. The predicted octanol–water partition coefficient (Wildman–Crippen LogP) is 4.36. The van der Waals surface area contributed by atoms with Crippen LogP contribution in [0.3, 0.4) is 0 Å². The van der Waals surface area contributed by atoms with Gasteiger partial charge < -0.3 is 14.8 Å². The highest BCUT2D eigenvalue weighted by Crippen LogP contribution is 2.20. The van der Waals surface area contributed by atoms with Crippen LogP contribution in [0.2, 0.25) is 0 Å². The number of rotatable bonds is 7.